The van der Waals surface area contributed by atoms with Crippen LogP contribution in [0.25, 0.3) is 0 Å². The zero-order valence-corrected chi connectivity index (χ0v) is 13.1. The Hall–Kier alpha value is -0.460. The highest BCUT2D eigenvalue weighted by molar-refractivity contribution is 5.19. The SMILES string of the molecule is CCCCC(C)(CC)/C(CC(C)(C)C)=C(/C)N. The Morgan fingerprint density at radius 2 is 1.59 bits per heavy atom. The van der Waals surface area contributed by atoms with Crippen molar-refractivity contribution in [1.29, 1.82) is 0 Å². The lowest BCUT2D eigenvalue weighted by atomic mass is 9.69. The normalized spacial score (nSPS) is 17.6. The second-order valence-corrected chi connectivity index (χ2v) is 6.92. The number of hydrogen-bond acceptors (Lipinski definition) is 1. The molecule has 0 heterocycles. The fraction of sp³-hybridized carbons (Fsp3) is 0.875. The molecule has 0 aromatic rings. The van der Waals surface area contributed by atoms with Crippen LogP contribution >= 0.6 is 0 Å². The zero-order chi connectivity index (χ0) is 13.7. The van der Waals surface area contributed by atoms with E-state index in [1.807, 2.05) is 0 Å². The molecule has 1 atom stereocenters. The van der Waals surface area contributed by atoms with E-state index in [2.05, 4.69) is 48.5 Å². The van der Waals surface area contributed by atoms with Crippen LogP contribution in [0.1, 0.15) is 80.6 Å². The molecule has 0 rings (SSSR count). The van der Waals surface area contributed by atoms with Gasteiger partial charge in [-0.2, -0.15) is 0 Å². The molecule has 0 aliphatic rings. The van der Waals surface area contributed by atoms with Gasteiger partial charge < -0.3 is 5.73 Å². The fourth-order valence-corrected chi connectivity index (χ4v) is 2.47. The molecule has 102 valence electrons. The minimum absolute atomic E-state index is 0.294. The minimum Gasteiger partial charge on any atom is -0.402 e. The molecule has 0 aromatic carbocycles. The van der Waals surface area contributed by atoms with Crippen molar-refractivity contribution in [3.05, 3.63) is 11.3 Å². The molecule has 0 aromatic heterocycles. The van der Waals surface area contributed by atoms with E-state index in [0.717, 1.165) is 12.1 Å². The average molecular weight is 239 g/mol. The summed E-state index contributed by atoms with van der Waals surface area (Å²) in [4.78, 5) is 0. The highest BCUT2D eigenvalue weighted by Gasteiger charge is 2.30. The largest absolute Gasteiger partial charge is 0.402 e. The second kappa shape index (κ2) is 6.47. The van der Waals surface area contributed by atoms with Gasteiger partial charge >= 0.3 is 0 Å². The molecular formula is C16H33N. The Morgan fingerprint density at radius 3 is 1.88 bits per heavy atom. The lowest BCUT2D eigenvalue weighted by molar-refractivity contribution is 0.287. The Labute approximate surface area is 109 Å². The van der Waals surface area contributed by atoms with Crippen LogP contribution in [0, 0.1) is 10.8 Å². The van der Waals surface area contributed by atoms with E-state index in [0.29, 0.717) is 10.8 Å². The molecule has 0 aliphatic carbocycles. The van der Waals surface area contributed by atoms with Crippen LogP contribution in [0.3, 0.4) is 0 Å². The van der Waals surface area contributed by atoms with Gasteiger partial charge in [0.25, 0.3) is 0 Å². The highest BCUT2D eigenvalue weighted by atomic mass is 14.6. The predicted octanol–water partition coefficient (Wildman–Crippen LogP) is 5.26. The number of nitrogens with two attached hydrogens (primary N) is 1. The number of allylic oxidation sites excluding steroid dienone is 2. The highest BCUT2D eigenvalue weighted by Crippen LogP contribution is 2.42. The van der Waals surface area contributed by atoms with Crippen molar-refractivity contribution in [2.24, 2.45) is 16.6 Å². The Balaban J connectivity index is 5.09. The summed E-state index contributed by atoms with van der Waals surface area (Å²) in [5.74, 6) is 0. The van der Waals surface area contributed by atoms with E-state index in [1.54, 1.807) is 0 Å². The summed E-state index contributed by atoms with van der Waals surface area (Å²) in [7, 11) is 0. The first-order chi connectivity index (χ1) is 7.66. The molecule has 0 saturated heterocycles. The number of hydrogen-bond donors (Lipinski definition) is 1. The van der Waals surface area contributed by atoms with E-state index in [4.69, 9.17) is 5.73 Å². The van der Waals surface area contributed by atoms with Gasteiger partial charge in [-0.1, -0.05) is 54.4 Å². The monoisotopic (exact) mass is 239 g/mol. The molecule has 1 unspecified atom stereocenters. The van der Waals surface area contributed by atoms with E-state index in [9.17, 15) is 0 Å². The summed E-state index contributed by atoms with van der Waals surface area (Å²) < 4.78 is 0. The molecule has 0 amide bonds. The lowest BCUT2D eigenvalue weighted by Gasteiger charge is -2.36. The van der Waals surface area contributed by atoms with Crippen LogP contribution in [0.4, 0.5) is 0 Å². The van der Waals surface area contributed by atoms with Gasteiger partial charge in [0.05, 0.1) is 0 Å². The number of rotatable bonds is 6. The fourth-order valence-electron chi connectivity index (χ4n) is 2.47. The van der Waals surface area contributed by atoms with Gasteiger partial charge in [-0.05, 0) is 42.6 Å². The second-order valence-electron chi connectivity index (χ2n) is 6.92. The molecule has 0 radical (unpaired) electrons. The van der Waals surface area contributed by atoms with E-state index < -0.39 is 0 Å². The minimum atomic E-state index is 0.294. The maximum atomic E-state index is 6.16. The van der Waals surface area contributed by atoms with Gasteiger partial charge in [0.1, 0.15) is 0 Å². The summed E-state index contributed by atoms with van der Waals surface area (Å²) in [6, 6.07) is 0. The molecule has 2 N–H and O–H groups in total. The van der Waals surface area contributed by atoms with E-state index in [-0.39, 0.29) is 0 Å². The first-order valence-electron chi connectivity index (χ1n) is 7.12. The van der Waals surface area contributed by atoms with Gasteiger partial charge in [-0.25, -0.2) is 0 Å². The molecule has 0 aliphatic heterocycles. The lowest BCUT2D eigenvalue weighted by Crippen LogP contribution is -2.25. The van der Waals surface area contributed by atoms with Crippen LogP contribution in [0.15, 0.2) is 11.3 Å². The maximum Gasteiger partial charge on any atom is 0.00465 e. The third-order valence-electron chi connectivity index (χ3n) is 3.77. The number of unbranched alkanes of at least 4 members (excludes halogenated alkanes) is 1. The first kappa shape index (κ1) is 16.5. The summed E-state index contributed by atoms with van der Waals surface area (Å²) in [5, 5.41) is 0. The van der Waals surface area contributed by atoms with Crippen LogP contribution < -0.4 is 5.73 Å². The molecule has 1 heteroatoms. The van der Waals surface area contributed by atoms with Crippen molar-refractivity contribution in [1.82, 2.24) is 0 Å². The Morgan fingerprint density at radius 1 is 1.06 bits per heavy atom. The Kier molecular flexibility index (Phi) is 6.29. The molecule has 0 fully saturated rings. The van der Waals surface area contributed by atoms with Crippen molar-refractivity contribution >= 4 is 0 Å². The van der Waals surface area contributed by atoms with Gasteiger partial charge in [0, 0.05) is 5.70 Å². The van der Waals surface area contributed by atoms with Gasteiger partial charge in [0.15, 0.2) is 0 Å². The van der Waals surface area contributed by atoms with Crippen LogP contribution in [-0.2, 0) is 0 Å². The van der Waals surface area contributed by atoms with Crippen LogP contribution in [-0.4, -0.2) is 0 Å². The standard InChI is InChI=1S/C16H33N/c1-8-10-11-16(7,9-2)14(13(3)17)12-15(4,5)6/h8-12,17H2,1-7H3/b14-13-. The quantitative estimate of drug-likeness (QED) is 0.672. The van der Waals surface area contributed by atoms with E-state index in [1.165, 1.54) is 31.3 Å². The zero-order valence-electron chi connectivity index (χ0n) is 13.1. The molecule has 0 spiro atoms. The molecule has 0 saturated carbocycles. The van der Waals surface area contributed by atoms with Crippen molar-refractivity contribution in [2.45, 2.75) is 80.6 Å². The predicted molar refractivity (Wildman–Crippen MR) is 78.9 cm³/mol. The first-order valence-corrected chi connectivity index (χ1v) is 7.12. The average Bonchev–Trinajstić information content (AvgIpc) is 2.21. The molecule has 17 heavy (non-hydrogen) atoms. The molecule has 1 nitrogen and oxygen atoms in total. The molecule has 0 bridgehead atoms. The van der Waals surface area contributed by atoms with Gasteiger partial charge in [-0.15, -0.1) is 0 Å². The smallest absolute Gasteiger partial charge is 0.00465 e. The molecular weight excluding hydrogens is 206 g/mol. The topological polar surface area (TPSA) is 26.0 Å². The summed E-state index contributed by atoms with van der Waals surface area (Å²) in [6.07, 6.45) is 6.13. The van der Waals surface area contributed by atoms with Crippen LogP contribution in [0.2, 0.25) is 0 Å². The van der Waals surface area contributed by atoms with Gasteiger partial charge in [0.2, 0.25) is 0 Å². The van der Waals surface area contributed by atoms with Crippen LogP contribution in [0.5, 0.6) is 0 Å². The van der Waals surface area contributed by atoms with E-state index >= 15 is 0 Å². The summed E-state index contributed by atoms with van der Waals surface area (Å²) in [6.45, 7) is 15.9. The van der Waals surface area contributed by atoms with Crippen molar-refractivity contribution in [2.75, 3.05) is 0 Å². The third kappa shape index (κ3) is 5.61. The van der Waals surface area contributed by atoms with Crippen molar-refractivity contribution < 1.29 is 0 Å². The Bertz CT molecular complexity index is 253. The third-order valence-corrected chi connectivity index (χ3v) is 3.77. The van der Waals surface area contributed by atoms with Gasteiger partial charge in [-0.3, -0.25) is 0 Å². The summed E-state index contributed by atoms with van der Waals surface area (Å²) >= 11 is 0. The van der Waals surface area contributed by atoms with Crippen molar-refractivity contribution in [3.8, 4) is 0 Å². The van der Waals surface area contributed by atoms with Crippen molar-refractivity contribution in [3.63, 3.8) is 0 Å². The maximum absolute atomic E-state index is 6.16. The summed E-state index contributed by atoms with van der Waals surface area (Å²) in [5.41, 5.74) is 9.30.